The highest BCUT2D eigenvalue weighted by molar-refractivity contribution is 5.55. The topological polar surface area (TPSA) is 64.0 Å². The number of aromatic nitrogens is 1. The Morgan fingerprint density at radius 1 is 1.73 bits per heavy atom. The number of nitrogens with two attached hydrogens (primary N) is 1. The zero-order chi connectivity index (χ0) is 11.4. The zero-order valence-electron chi connectivity index (χ0n) is 9.03. The highest BCUT2D eigenvalue weighted by Gasteiger charge is 2.14. The minimum Gasteiger partial charge on any atom is -0.475 e. The molecule has 0 unspecified atom stereocenters. The molecule has 1 aromatic heterocycles. The number of hydrogen-bond donors (Lipinski definition) is 1. The van der Waals surface area contributed by atoms with Crippen LogP contribution < -0.4 is 10.5 Å². The minimum atomic E-state index is 0.0253. The molecule has 1 rings (SSSR count). The second-order valence-corrected chi connectivity index (χ2v) is 3.47. The van der Waals surface area contributed by atoms with Gasteiger partial charge in [-0.3, -0.25) is 4.57 Å². The summed E-state index contributed by atoms with van der Waals surface area (Å²) >= 11 is 0. The van der Waals surface area contributed by atoms with E-state index in [1.165, 1.54) is 0 Å². The molecule has 0 atom stereocenters. The first kappa shape index (κ1) is 11.2. The van der Waals surface area contributed by atoms with E-state index in [0.717, 1.165) is 0 Å². The summed E-state index contributed by atoms with van der Waals surface area (Å²) in [7, 11) is 0. The van der Waals surface area contributed by atoms with Crippen LogP contribution in [0.1, 0.15) is 19.5 Å². The van der Waals surface area contributed by atoms with Crippen LogP contribution in [0.3, 0.4) is 0 Å². The summed E-state index contributed by atoms with van der Waals surface area (Å²) in [5.74, 6) is 0.543. The van der Waals surface area contributed by atoms with Gasteiger partial charge >= 0.3 is 0 Å². The van der Waals surface area contributed by atoms with E-state index < -0.39 is 0 Å². The van der Waals surface area contributed by atoms with Gasteiger partial charge in [-0.25, -0.2) is 0 Å². The number of nitriles is 1. The molecule has 0 saturated heterocycles. The van der Waals surface area contributed by atoms with E-state index >= 15 is 0 Å². The Kier molecular flexibility index (Phi) is 3.40. The van der Waals surface area contributed by atoms with Crippen LogP contribution in [0.5, 0.6) is 5.88 Å². The van der Waals surface area contributed by atoms with Crippen LogP contribution in [0.25, 0.3) is 0 Å². The maximum absolute atomic E-state index is 8.90. The lowest BCUT2D eigenvalue weighted by molar-refractivity contribution is 0.225. The van der Waals surface area contributed by atoms with E-state index in [1.54, 1.807) is 16.7 Å². The molecule has 0 aliphatic heterocycles. The number of rotatable bonds is 4. The van der Waals surface area contributed by atoms with E-state index in [-0.39, 0.29) is 6.10 Å². The van der Waals surface area contributed by atoms with Crippen molar-refractivity contribution < 1.29 is 4.74 Å². The van der Waals surface area contributed by atoms with Crippen LogP contribution in [0, 0.1) is 11.3 Å². The summed E-state index contributed by atoms with van der Waals surface area (Å²) in [6.07, 6.45) is 1.73. The predicted molar refractivity (Wildman–Crippen MR) is 59.5 cm³/mol. The van der Waals surface area contributed by atoms with Crippen LogP contribution in [0.4, 0.5) is 5.69 Å². The maximum Gasteiger partial charge on any atom is 0.219 e. The molecule has 15 heavy (non-hydrogen) atoms. The fourth-order valence-corrected chi connectivity index (χ4v) is 1.31. The van der Waals surface area contributed by atoms with Gasteiger partial charge in [-0.15, -0.1) is 6.58 Å². The smallest absolute Gasteiger partial charge is 0.219 e. The fourth-order valence-electron chi connectivity index (χ4n) is 1.31. The third-order valence-electron chi connectivity index (χ3n) is 1.85. The van der Waals surface area contributed by atoms with E-state index in [2.05, 4.69) is 12.6 Å². The van der Waals surface area contributed by atoms with E-state index in [4.69, 9.17) is 15.7 Å². The van der Waals surface area contributed by atoms with Gasteiger partial charge in [0.1, 0.15) is 11.8 Å². The molecule has 4 nitrogen and oxygen atoms in total. The van der Waals surface area contributed by atoms with E-state index in [1.807, 2.05) is 13.8 Å². The molecule has 0 radical (unpaired) electrons. The first-order chi connectivity index (χ1) is 7.10. The third-order valence-corrected chi connectivity index (χ3v) is 1.85. The average molecular weight is 205 g/mol. The Bertz CT molecular complexity index is 399. The molecule has 80 valence electrons. The van der Waals surface area contributed by atoms with Gasteiger partial charge < -0.3 is 10.5 Å². The van der Waals surface area contributed by atoms with E-state index in [0.29, 0.717) is 23.8 Å². The molecule has 4 heteroatoms. The summed E-state index contributed by atoms with van der Waals surface area (Å²) in [5.41, 5.74) is 6.74. The van der Waals surface area contributed by atoms with Crippen molar-refractivity contribution in [2.75, 3.05) is 5.73 Å². The number of anilines is 1. The van der Waals surface area contributed by atoms with Gasteiger partial charge in [-0.2, -0.15) is 5.26 Å². The van der Waals surface area contributed by atoms with Crippen molar-refractivity contribution >= 4 is 5.69 Å². The van der Waals surface area contributed by atoms with Crippen molar-refractivity contribution in [1.82, 2.24) is 4.57 Å². The molecule has 0 aliphatic carbocycles. The molecule has 0 aromatic carbocycles. The van der Waals surface area contributed by atoms with Crippen LogP contribution in [-0.4, -0.2) is 10.7 Å². The lowest BCUT2D eigenvalue weighted by Crippen LogP contribution is -2.11. The Hall–Kier alpha value is -1.89. The van der Waals surface area contributed by atoms with Crippen molar-refractivity contribution in [2.45, 2.75) is 26.5 Å². The minimum absolute atomic E-state index is 0.0253. The Morgan fingerprint density at radius 3 is 2.87 bits per heavy atom. The largest absolute Gasteiger partial charge is 0.475 e. The highest BCUT2D eigenvalue weighted by atomic mass is 16.5. The summed E-state index contributed by atoms with van der Waals surface area (Å²) in [6, 6.07) is 3.68. The quantitative estimate of drug-likeness (QED) is 0.764. The van der Waals surface area contributed by atoms with Gasteiger partial charge in [0.2, 0.25) is 5.88 Å². The number of hydrogen-bond acceptors (Lipinski definition) is 3. The molecule has 2 N–H and O–H groups in total. The summed E-state index contributed by atoms with van der Waals surface area (Å²) in [4.78, 5) is 0. The summed E-state index contributed by atoms with van der Waals surface area (Å²) in [6.45, 7) is 7.98. The number of allylic oxidation sites excluding steroid dienone is 1. The SMILES string of the molecule is C=CCn1c(C#N)cc(N)c1OC(C)C. The lowest BCUT2D eigenvalue weighted by Gasteiger charge is -2.13. The molecule has 1 aromatic rings. The fraction of sp³-hybridized carbons (Fsp3) is 0.364. The molecule has 0 fully saturated rings. The van der Waals surface area contributed by atoms with Crippen LogP contribution in [0.15, 0.2) is 18.7 Å². The van der Waals surface area contributed by atoms with Gasteiger partial charge in [-0.1, -0.05) is 6.08 Å². The van der Waals surface area contributed by atoms with Crippen LogP contribution in [-0.2, 0) is 6.54 Å². The predicted octanol–water partition coefficient (Wildman–Crippen LogP) is 1.92. The standard InChI is InChI=1S/C11H15N3O/c1-4-5-14-9(7-12)6-10(13)11(14)15-8(2)3/h4,6,8H,1,5,13H2,2-3H3. The second-order valence-electron chi connectivity index (χ2n) is 3.47. The Labute approximate surface area is 89.6 Å². The normalized spacial score (nSPS) is 10.0. The van der Waals surface area contributed by atoms with E-state index in [9.17, 15) is 0 Å². The van der Waals surface area contributed by atoms with Crippen molar-refractivity contribution in [1.29, 1.82) is 5.26 Å². The molecule has 0 bridgehead atoms. The van der Waals surface area contributed by atoms with Gasteiger partial charge in [0, 0.05) is 12.6 Å². The molecular formula is C11H15N3O. The van der Waals surface area contributed by atoms with Gasteiger partial charge in [-0.05, 0) is 13.8 Å². The van der Waals surface area contributed by atoms with Crippen LogP contribution >= 0.6 is 0 Å². The third kappa shape index (κ3) is 2.32. The lowest BCUT2D eigenvalue weighted by atomic mass is 10.4. The maximum atomic E-state index is 8.90. The van der Waals surface area contributed by atoms with Crippen molar-refractivity contribution in [3.8, 4) is 11.9 Å². The Balaban J connectivity index is 3.16. The molecule has 1 heterocycles. The van der Waals surface area contributed by atoms with Crippen molar-refractivity contribution in [3.05, 3.63) is 24.4 Å². The van der Waals surface area contributed by atoms with Crippen molar-refractivity contribution in [2.24, 2.45) is 0 Å². The van der Waals surface area contributed by atoms with Crippen molar-refractivity contribution in [3.63, 3.8) is 0 Å². The van der Waals surface area contributed by atoms with Gasteiger partial charge in [0.15, 0.2) is 0 Å². The van der Waals surface area contributed by atoms with Gasteiger partial charge in [0.05, 0.1) is 11.8 Å². The van der Waals surface area contributed by atoms with Crippen LogP contribution in [0.2, 0.25) is 0 Å². The molecule has 0 amide bonds. The average Bonchev–Trinajstić information content (AvgIpc) is 2.45. The number of nitrogens with zero attached hydrogens (tertiary/aromatic N) is 2. The summed E-state index contributed by atoms with van der Waals surface area (Å²) in [5, 5.41) is 8.90. The zero-order valence-corrected chi connectivity index (χ0v) is 9.03. The van der Waals surface area contributed by atoms with Gasteiger partial charge in [0.25, 0.3) is 0 Å². The molecule has 0 spiro atoms. The monoisotopic (exact) mass is 205 g/mol. The molecule has 0 aliphatic rings. The highest BCUT2D eigenvalue weighted by Crippen LogP contribution is 2.27. The Morgan fingerprint density at radius 2 is 2.40 bits per heavy atom. The first-order valence-corrected chi connectivity index (χ1v) is 4.76. The summed E-state index contributed by atoms with van der Waals surface area (Å²) < 4.78 is 7.26. The number of nitrogen functional groups attached to an aromatic ring is 1. The molecular weight excluding hydrogens is 190 g/mol. The number of ether oxygens (including phenoxy) is 1. The second kappa shape index (κ2) is 4.56. The first-order valence-electron chi connectivity index (χ1n) is 4.76. The molecule has 0 saturated carbocycles.